The number of ether oxygens (including phenoxy) is 1. The maximum absolute atomic E-state index is 5.34. The van der Waals surface area contributed by atoms with Crippen LogP contribution in [0.1, 0.15) is 0 Å². The van der Waals surface area contributed by atoms with Crippen molar-refractivity contribution in [2.24, 2.45) is 0 Å². The van der Waals surface area contributed by atoms with E-state index in [1.54, 1.807) is 6.20 Å². The molecule has 2 rings (SSSR count). The number of aromatic nitrogens is 2. The molecule has 12 heavy (non-hydrogen) atoms. The van der Waals surface area contributed by atoms with Crippen LogP contribution in [-0.4, -0.2) is 9.97 Å². The fourth-order valence-corrected chi connectivity index (χ4v) is 0.875. The monoisotopic (exact) mass is 159 g/mol. The van der Waals surface area contributed by atoms with Gasteiger partial charge < -0.3 is 9.72 Å². The number of nitrogens with zero attached hydrogens (tertiary/aromatic N) is 1. The molecule has 1 N–H and O–H groups in total. The number of para-hydroxylation sites is 1. The quantitative estimate of drug-likeness (QED) is 0.727. The van der Waals surface area contributed by atoms with Crippen molar-refractivity contribution in [3.63, 3.8) is 0 Å². The van der Waals surface area contributed by atoms with Crippen LogP contribution in [0.15, 0.2) is 36.5 Å². The number of rotatable bonds is 2. The fourth-order valence-electron chi connectivity index (χ4n) is 0.875. The molecule has 3 heteroatoms. The van der Waals surface area contributed by atoms with E-state index in [1.807, 2.05) is 30.3 Å². The molecule has 3 nitrogen and oxygen atoms in total. The van der Waals surface area contributed by atoms with Crippen molar-refractivity contribution < 1.29 is 4.74 Å². The summed E-state index contributed by atoms with van der Waals surface area (Å²) in [6.45, 7) is 0. The first-order valence-corrected chi connectivity index (χ1v) is 3.59. The molecule has 1 aromatic carbocycles. The first kappa shape index (κ1) is 6.91. The maximum atomic E-state index is 5.34. The van der Waals surface area contributed by atoms with Gasteiger partial charge in [0.25, 0.3) is 0 Å². The van der Waals surface area contributed by atoms with Crippen molar-refractivity contribution in [3.05, 3.63) is 42.9 Å². The zero-order chi connectivity index (χ0) is 8.23. The van der Waals surface area contributed by atoms with Crippen molar-refractivity contribution in [2.45, 2.75) is 0 Å². The van der Waals surface area contributed by atoms with Crippen molar-refractivity contribution >= 4 is 0 Å². The Labute approximate surface area is 70.0 Å². The van der Waals surface area contributed by atoms with Crippen LogP contribution in [0.4, 0.5) is 0 Å². The minimum Gasteiger partial charge on any atom is -0.438 e. The van der Waals surface area contributed by atoms with Gasteiger partial charge in [-0.25, -0.2) is 0 Å². The molecule has 0 saturated carbocycles. The van der Waals surface area contributed by atoms with Crippen LogP contribution >= 0.6 is 0 Å². The third kappa shape index (κ3) is 1.45. The van der Waals surface area contributed by atoms with Gasteiger partial charge in [-0.2, -0.15) is 4.98 Å². The summed E-state index contributed by atoms with van der Waals surface area (Å²) in [5, 5.41) is 0. The molecule has 0 bridgehead atoms. The Balaban J connectivity index is 2.15. The van der Waals surface area contributed by atoms with Crippen molar-refractivity contribution in [3.8, 4) is 11.6 Å². The summed E-state index contributed by atoms with van der Waals surface area (Å²) in [4.78, 5) is 6.50. The van der Waals surface area contributed by atoms with Crippen LogP contribution < -0.4 is 4.74 Å². The van der Waals surface area contributed by atoms with E-state index in [4.69, 9.17) is 4.74 Å². The Kier molecular flexibility index (Phi) is 1.78. The fraction of sp³-hybridized carbons (Fsp3) is 0. The number of hydrogen-bond acceptors (Lipinski definition) is 2. The summed E-state index contributed by atoms with van der Waals surface area (Å²) in [5.74, 6) is 1.30. The van der Waals surface area contributed by atoms with Gasteiger partial charge in [-0.1, -0.05) is 18.2 Å². The molecule has 0 fully saturated rings. The van der Waals surface area contributed by atoms with Crippen LogP contribution in [0.3, 0.4) is 0 Å². The molecule has 1 aromatic heterocycles. The molecule has 2 aromatic rings. The third-order valence-corrected chi connectivity index (χ3v) is 1.39. The van der Waals surface area contributed by atoms with E-state index in [2.05, 4.69) is 16.3 Å². The van der Waals surface area contributed by atoms with E-state index < -0.39 is 0 Å². The van der Waals surface area contributed by atoms with Crippen LogP contribution in [0.25, 0.3) is 0 Å². The zero-order valence-corrected chi connectivity index (χ0v) is 6.32. The van der Waals surface area contributed by atoms with Gasteiger partial charge in [0.2, 0.25) is 5.88 Å². The molecule has 0 amide bonds. The first-order valence-electron chi connectivity index (χ1n) is 3.59. The van der Waals surface area contributed by atoms with E-state index >= 15 is 0 Å². The van der Waals surface area contributed by atoms with Gasteiger partial charge in [-0.05, 0) is 12.1 Å². The SMILES string of the molecule is [c]1nc(Oc2ccccc2)c[nH]1. The molecule has 1 heterocycles. The summed E-state index contributed by atoms with van der Waals surface area (Å²) in [6.07, 6.45) is 4.20. The molecule has 59 valence electrons. The lowest BCUT2D eigenvalue weighted by molar-refractivity contribution is 0.465. The average molecular weight is 159 g/mol. The molecule has 0 atom stereocenters. The molecule has 0 unspecified atom stereocenters. The summed E-state index contributed by atoms with van der Waals surface area (Å²) < 4.78 is 5.34. The van der Waals surface area contributed by atoms with Gasteiger partial charge in [0.05, 0.1) is 6.20 Å². The number of hydrogen-bond donors (Lipinski definition) is 1. The molecule has 0 aliphatic rings. The van der Waals surface area contributed by atoms with E-state index in [1.165, 1.54) is 0 Å². The molecule has 0 spiro atoms. The van der Waals surface area contributed by atoms with Crippen LogP contribution in [0.2, 0.25) is 0 Å². The highest BCUT2D eigenvalue weighted by molar-refractivity contribution is 5.25. The van der Waals surface area contributed by atoms with Gasteiger partial charge in [-0.15, -0.1) is 0 Å². The smallest absolute Gasteiger partial charge is 0.237 e. The van der Waals surface area contributed by atoms with Gasteiger partial charge in [0.1, 0.15) is 5.75 Å². The van der Waals surface area contributed by atoms with Gasteiger partial charge in [0, 0.05) is 0 Å². The second kappa shape index (κ2) is 3.09. The molecule has 0 saturated heterocycles. The predicted molar refractivity (Wildman–Crippen MR) is 43.9 cm³/mol. The van der Waals surface area contributed by atoms with E-state index in [-0.39, 0.29) is 0 Å². The topological polar surface area (TPSA) is 37.9 Å². The molecule has 0 aliphatic heterocycles. The van der Waals surface area contributed by atoms with Crippen LogP contribution in [-0.2, 0) is 0 Å². The normalized spacial score (nSPS) is 9.67. The summed E-state index contributed by atoms with van der Waals surface area (Å²) >= 11 is 0. The third-order valence-electron chi connectivity index (χ3n) is 1.39. The number of aromatic amines is 1. The second-order valence-corrected chi connectivity index (χ2v) is 2.27. The van der Waals surface area contributed by atoms with E-state index in [9.17, 15) is 0 Å². The average Bonchev–Trinajstić information content (AvgIpc) is 2.59. The highest BCUT2D eigenvalue weighted by atomic mass is 16.5. The Morgan fingerprint density at radius 3 is 2.75 bits per heavy atom. The largest absolute Gasteiger partial charge is 0.438 e. The molecular weight excluding hydrogens is 152 g/mol. The highest BCUT2D eigenvalue weighted by Gasteiger charge is 1.95. The van der Waals surface area contributed by atoms with E-state index in [0.717, 1.165) is 5.75 Å². The van der Waals surface area contributed by atoms with Gasteiger partial charge in [-0.3, -0.25) is 0 Å². The van der Waals surface area contributed by atoms with Crippen molar-refractivity contribution in [1.82, 2.24) is 9.97 Å². The Morgan fingerprint density at radius 1 is 1.25 bits per heavy atom. The number of nitrogens with one attached hydrogen (secondary N) is 1. The summed E-state index contributed by atoms with van der Waals surface area (Å²) in [5.41, 5.74) is 0. The van der Waals surface area contributed by atoms with Crippen molar-refractivity contribution in [1.29, 1.82) is 0 Å². The summed E-state index contributed by atoms with van der Waals surface area (Å²) in [7, 11) is 0. The number of imidazole rings is 1. The Hall–Kier alpha value is -1.77. The lowest BCUT2D eigenvalue weighted by Gasteiger charge is -1.98. The Morgan fingerprint density at radius 2 is 2.08 bits per heavy atom. The summed E-state index contributed by atoms with van der Waals surface area (Å²) in [6, 6.07) is 9.49. The first-order chi connectivity index (χ1) is 5.95. The Bertz CT molecular complexity index is 329. The van der Waals surface area contributed by atoms with Crippen molar-refractivity contribution in [2.75, 3.05) is 0 Å². The van der Waals surface area contributed by atoms with E-state index in [0.29, 0.717) is 5.88 Å². The molecule has 1 radical (unpaired) electrons. The highest BCUT2D eigenvalue weighted by Crippen LogP contribution is 2.16. The standard InChI is InChI=1S/C9H7N2O/c1-2-4-8(5-3-1)12-9-6-10-7-11-9/h1-6H,(H,10,11). The minimum absolute atomic E-state index is 0.529. The maximum Gasteiger partial charge on any atom is 0.237 e. The number of H-pyrrole nitrogens is 1. The molecule has 0 aliphatic carbocycles. The van der Waals surface area contributed by atoms with Gasteiger partial charge >= 0.3 is 0 Å². The number of benzene rings is 1. The van der Waals surface area contributed by atoms with Crippen LogP contribution in [0, 0.1) is 6.33 Å². The minimum atomic E-state index is 0.529. The van der Waals surface area contributed by atoms with Gasteiger partial charge in [0.15, 0.2) is 6.33 Å². The zero-order valence-electron chi connectivity index (χ0n) is 6.32. The second-order valence-electron chi connectivity index (χ2n) is 2.27. The molecular formula is C9H7N2O. The van der Waals surface area contributed by atoms with Crippen LogP contribution in [0.5, 0.6) is 11.6 Å². The lowest BCUT2D eigenvalue weighted by atomic mass is 10.3. The lowest BCUT2D eigenvalue weighted by Crippen LogP contribution is -1.81. The predicted octanol–water partition coefficient (Wildman–Crippen LogP) is 2.00.